The van der Waals surface area contributed by atoms with Crippen LogP contribution >= 0.6 is 0 Å². The number of hydrogen-bond acceptors (Lipinski definition) is 1. The van der Waals surface area contributed by atoms with Crippen LogP contribution < -0.4 is 5.73 Å². The first kappa shape index (κ1) is 26.7. The Kier molecular flexibility index (Phi) is 8.10. The van der Waals surface area contributed by atoms with E-state index in [0.29, 0.717) is 18.2 Å². The van der Waals surface area contributed by atoms with E-state index in [-0.39, 0.29) is 0 Å². The first-order valence-electron chi connectivity index (χ1n) is 14.1. The lowest BCUT2D eigenvalue weighted by atomic mass is 9.96. The molecule has 0 bridgehead atoms. The normalized spacial score (nSPS) is 11.8. The van der Waals surface area contributed by atoms with Crippen LogP contribution in [0.25, 0.3) is 33.4 Å². The summed E-state index contributed by atoms with van der Waals surface area (Å²) < 4.78 is 0. The zero-order valence-electron chi connectivity index (χ0n) is 23.3. The Morgan fingerprint density at radius 1 is 0.429 bits per heavy atom. The highest BCUT2D eigenvalue weighted by molar-refractivity contribution is 6.11. The fourth-order valence-corrected chi connectivity index (χ4v) is 4.93. The van der Waals surface area contributed by atoms with Crippen molar-refractivity contribution < 1.29 is 0 Å². The third-order valence-corrected chi connectivity index (χ3v) is 7.19. The summed E-state index contributed by atoms with van der Waals surface area (Å²) in [6.45, 7) is 0.529. The summed E-state index contributed by atoms with van der Waals surface area (Å²) in [4.78, 5) is 9.64. The van der Waals surface area contributed by atoms with E-state index >= 15 is 0 Å². The summed E-state index contributed by atoms with van der Waals surface area (Å²) in [5, 5.41) is 0. The van der Waals surface area contributed by atoms with Gasteiger partial charge < -0.3 is 5.73 Å². The van der Waals surface area contributed by atoms with Crippen molar-refractivity contribution in [2.24, 2.45) is 15.7 Å². The zero-order chi connectivity index (χ0) is 28.6. The molecule has 42 heavy (non-hydrogen) atoms. The van der Waals surface area contributed by atoms with Crippen LogP contribution in [0.15, 0.2) is 174 Å². The van der Waals surface area contributed by atoms with Gasteiger partial charge in [0.1, 0.15) is 5.84 Å². The van der Waals surface area contributed by atoms with Crippen molar-refractivity contribution in [3.05, 3.63) is 180 Å². The minimum Gasteiger partial charge on any atom is -0.383 e. The van der Waals surface area contributed by atoms with Crippen molar-refractivity contribution in [1.29, 1.82) is 0 Å². The maximum Gasteiger partial charge on any atom is 0.157 e. The van der Waals surface area contributed by atoms with Crippen LogP contribution in [0.5, 0.6) is 0 Å². The molecule has 0 saturated heterocycles. The number of aliphatic imine (C=N–C) groups is 2. The Labute approximate surface area is 247 Å². The van der Waals surface area contributed by atoms with E-state index in [4.69, 9.17) is 15.7 Å². The van der Waals surface area contributed by atoms with Crippen LogP contribution in [0.3, 0.4) is 0 Å². The summed E-state index contributed by atoms with van der Waals surface area (Å²) in [5.41, 5.74) is 16.5. The van der Waals surface area contributed by atoms with Gasteiger partial charge >= 0.3 is 0 Å². The summed E-state index contributed by atoms with van der Waals surface area (Å²) in [6, 6.07) is 56.1. The maximum atomic E-state index is 6.60. The molecule has 3 nitrogen and oxygen atoms in total. The largest absolute Gasteiger partial charge is 0.383 e. The fraction of sp³-hybridized carbons (Fsp3) is 0.0256. The van der Waals surface area contributed by atoms with Gasteiger partial charge in [-0.3, -0.25) is 4.99 Å². The maximum absolute atomic E-state index is 6.60. The molecule has 6 aromatic rings. The van der Waals surface area contributed by atoms with Gasteiger partial charge in [-0.1, -0.05) is 152 Å². The van der Waals surface area contributed by atoms with Crippen LogP contribution in [-0.2, 0) is 6.54 Å². The molecule has 0 heterocycles. The van der Waals surface area contributed by atoms with Crippen molar-refractivity contribution in [2.45, 2.75) is 6.54 Å². The third-order valence-electron chi connectivity index (χ3n) is 7.19. The van der Waals surface area contributed by atoms with Gasteiger partial charge in [-0.25, -0.2) is 4.99 Å². The topological polar surface area (TPSA) is 50.7 Å². The first-order chi connectivity index (χ1) is 20.7. The van der Waals surface area contributed by atoms with Gasteiger partial charge in [0, 0.05) is 11.1 Å². The number of nitrogens with zero attached hydrogens (tertiary/aromatic N) is 2. The van der Waals surface area contributed by atoms with Crippen molar-refractivity contribution in [3.8, 4) is 33.4 Å². The monoisotopic (exact) mass is 541 g/mol. The molecule has 0 saturated carbocycles. The lowest BCUT2D eigenvalue weighted by Gasteiger charge is -2.10. The molecule has 2 N–H and O–H groups in total. The van der Waals surface area contributed by atoms with Crippen LogP contribution in [-0.4, -0.2) is 11.7 Å². The van der Waals surface area contributed by atoms with Gasteiger partial charge in [-0.05, 0) is 51.1 Å². The molecule has 0 spiro atoms. The van der Waals surface area contributed by atoms with E-state index in [0.717, 1.165) is 27.8 Å². The van der Waals surface area contributed by atoms with Crippen LogP contribution in [0.4, 0.5) is 0 Å². The molecule has 3 heteroatoms. The molecular weight excluding hydrogens is 510 g/mol. The highest BCUT2D eigenvalue weighted by Crippen LogP contribution is 2.29. The van der Waals surface area contributed by atoms with E-state index in [1.165, 1.54) is 22.3 Å². The number of hydrogen-bond donors (Lipinski definition) is 1. The second-order valence-electron chi connectivity index (χ2n) is 10.1. The summed E-state index contributed by atoms with van der Waals surface area (Å²) >= 11 is 0. The molecule has 0 radical (unpaired) electrons. The minimum atomic E-state index is 0.431. The van der Waals surface area contributed by atoms with Gasteiger partial charge in [0.25, 0.3) is 0 Å². The van der Waals surface area contributed by atoms with E-state index < -0.39 is 0 Å². The third kappa shape index (κ3) is 6.43. The highest BCUT2D eigenvalue weighted by atomic mass is 15.0. The number of nitrogens with two attached hydrogens (primary N) is 1. The summed E-state index contributed by atoms with van der Waals surface area (Å²) in [7, 11) is 0. The number of amidine groups is 2. The minimum absolute atomic E-state index is 0.431. The molecule has 0 atom stereocenters. The molecule has 0 aliphatic rings. The molecule has 0 amide bonds. The van der Waals surface area contributed by atoms with Gasteiger partial charge in [0.15, 0.2) is 5.84 Å². The van der Waals surface area contributed by atoms with E-state index in [2.05, 4.69) is 97.1 Å². The molecule has 0 aromatic heterocycles. The Morgan fingerprint density at radius 3 is 1.55 bits per heavy atom. The lowest BCUT2D eigenvalue weighted by Crippen LogP contribution is -2.16. The van der Waals surface area contributed by atoms with Crippen molar-refractivity contribution >= 4 is 11.7 Å². The zero-order valence-corrected chi connectivity index (χ0v) is 23.3. The fourth-order valence-electron chi connectivity index (χ4n) is 4.93. The summed E-state index contributed by atoms with van der Waals surface area (Å²) in [6.07, 6.45) is 0. The molecule has 0 fully saturated rings. The average molecular weight is 542 g/mol. The number of rotatable bonds is 7. The SMILES string of the molecule is NC(=NC(=NCc1ccccc1)c1ccccc1)c1cccc(-c2cccc(-c3ccc(-c4ccccc4)cc3)c2)c1. The van der Waals surface area contributed by atoms with E-state index in [1.807, 2.05) is 66.7 Å². The molecule has 0 aliphatic heterocycles. The molecule has 0 aliphatic carbocycles. The van der Waals surface area contributed by atoms with Crippen LogP contribution in [0.1, 0.15) is 16.7 Å². The number of benzene rings is 6. The standard InChI is InChI=1S/C39H31N3/c40-38(42-39(33-16-8-3-9-17-33)41-28-29-12-4-1-5-13-29)37-21-11-20-36(27-37)35-19-10-18-34(26-35)32-24-22-31(23-25-32)30-14-6-2-7-15-30/h1-27H,28H2,(H2,40,41,42). The van der Waals surface area contributed by atoms with Gasteiger partial charge in [0.05, 0.1) is 6.54 Å². The lowest BCUT2D eigenvalue weighted by molar-refractivity contribution is 1.06. The second kappa shape index (κ2) is 12.8. The van der Waals surface area contributed by atoms with Gasteiger partial charge in [-0.2, -0.15) is 0 Å². The Balaban J connectivity index is 1.27. The molecule has 202 valence electrons. The predicted molar refractivity (Wildman–Crippen MR) is 177 cm³/mol. The van der Waals surface area contributed by atoms with Crippen molar-refractivity contribution in [2.75, 3.05) is 0 Å². The van der Waals surface area contributed by atoms with Gasteiger partial charge in [0.2, 0.25) is 0 Å². The molecular formula is C39H31N3. The van der Waals surface area contributed by atoms with Crippen molar-refractivity contribution in [3.63, 3.8) is 0 Å². The predicted octanol–water partition coefficient (Wildman–Crippen LogP) is 9.04. The van der Waals surface area contributed by atoms with E-state index in [9.17, 15) is 0 Å². The Hall–Kier alpha value is -5.54. The Morgan fingerprint density at radius 2 is 0.881 bits per heavy atom. The van der Waals surface area contributed by atoms with Crippen LogP contribution in [0, 0.1) is 0 Å². The average Bonchev–Trinajstić information content (AvgIpc) is 3.08. The summed E-state index contributed by atoms with van der Waals surface area (Å²) in [5.74, 6) is 1.04. The second-order valence-corrected chi connectivity index (χ2v) is 10.1. The highest BCUT2D eigenvalue weighted by Gasteiger charge is 2.08. The van der Waals surface area contributed by atoms with E-state index in [1.54, 1.807) is 0 Å². The smallest absolute Gasteiger partial charge is 0.157 e. The van der Waals surface area contributed by atoms with Crippen LogP contribution in [0.2, 0.25) is 0 Å². The molecule has 6 aromatic carbocycles. The van der Waals surface area contributed by atoms with Gasteiger partial charge in [-0.15, -0.1) is 0 Å². The first-order valence-corrected chi connectivity index (χ1v) is 14.1. The molecule has 0 unspecified atom stereocenters. The quantitative estimate of drug-likeness (QED) is 0.159. The van der Waals surface area contributed by atoms with Crippen molar-refractivity contribution in [1.82, 2.24) is 0 Å². The Bertz CT molecular complexity index is 1820. The molecule has 6 rings (SSSR count).